The Morgan fingerprint density at radius 3 is 2.71 bits per heavy atom. The molecule has 0 amide bonds. The van der Waals surface area contributed by atoms with Gasteiger partial charge in [-0.2, -0.15) is 8.78 Å². The average molecular weight is 332 g/mol. The molecule has 0 bridgehead atoms. The molecule has 24 heavy (non-hydrogen) atoms. The fourth-order valence-electron chi connectivity index (χ4n) is 2.51. The molecule has 0 atom stereocenters. The molecular formula is C16H18F2N6. The fraction of sp³-hybridized carbons (Fsp3) is 0.312. The van der Waals surface area contributed by atoms with E-state index in [1.54, 1.807) is 6.20 Å². The maximum atomic E-state index is 12.9. The number of nitrogens with zero attached hydrogens (tertiary/aromatic N) is 6. The maximum absolute atomic E-state index is 12.9. The van der Waals surface area contributed by atoms with Crippen molar-refractivity contribution in [1.29, 1.82) is 0 Å². The Labute approximate surface area is 138 Å². The SMILES string of the molecule is CN(Cc1nccn1C(F)F)Cc1cnnn1Cc1ccccc1. The fourth-order valence-corrected chi connectivity index (χ4v) is 2.51. The van der Waals surface area contributed by atoms with Crippen molar-refractivity contribution >= 4 is 0 Å². The van der Waals surface area contributed by atoms with E-state index in [1.165, 1.54) is 12.4 Å². The molecule has 2 aromatic heterocycles. The van der Waals surface area contributed by atoms with Crippen LogP contribution in [0.2, 0.25) is 0 Å². The first-order chi connectivity index (χ1) is 11.6. The van der Waals surface area contributed by atoms with Crippen LogP contribution < -0.4 is 0 Å². The highest BCUT2D eigenvalue weighted by molar-refractivity contribution is 5.15. The standard InChI is InChI=1S/C16H18F2N6/c1-22(12-15-19-7-8-23(15)16(17)18)11-14-9-20-21-24(14)10-13-5-3-2-4-6-13/h2-9,16H,10-12H2,1H3. The minimum absolute atomic E-state index is 0.313. The van der Waals surface area contributed by atoms with Gasteiger partial charge in [0, 0.05) is 18.9 Å². The zero-order chi connectivity index (χ0) is 16.9. The van der Waals surface area contributed by atoms with Gasteiger partial charge in [0.25, 0.3) is 0 Å². The van der Waals surface area contributed by atoms with Crippen LogP contribution in [0.1, 0.15) is 23.6 Å². The summed E-state index contributed by atoms with van der Waals surface area (Å²) < 4.78 is 28.4. The van der Waals surface area contributed by atoms with Crippen LogP contribution in [0.25, 0.3) is 0 Å². The van der Waals surface area contributed by atoms with Crippen molar-refractivity contribution in [3.63, 3.8) is 0 Å². The van der Waals surface area contributed by atoms with Gasteiger partial charge in [-0.15, -0.1) is 5.10 Å². The molecule has 3 aromatic rings. The second kappa shape index (κ2) is 7.31. The van der Waals surface area contributed by atoms with Gasteiger partial charge in [0.1, 0.15) is 5.82 Å². The molecule has 126 valence electrons. The summed E-state index contributed by atoms with van der Waals surface area (Å²) in [5, 5.41) is 8.07. The number of rotatable bonds is 7. The Balaban J connectivity index is 1.66. The Kier molecular flexibility index (Phi) is 4.95. The second-order valence-corrected chi connectivity index (χ2v) is 5.57. The molecular weight excluding hydrogens is 314 g/mol. The quantitative estimate of drug-likeness (QED) is 0.667. The monoisotopic (exact) mass is 332 g/mol. The van der Waals surface area contributed by atoms with Gasteiger partial charge >= 0.3 is 6.55 Å². The molecule has 3 rings (SSSR count). The van der Waals surface area contributed by atoms with Crippen molar-refractivity contribution in [3.8, 4) is 0 Å². The normalized spacial score (nSPS) is 11.5. The molecule has 0 saturated carbocycles. The number of hydrogen-bond donors (Lipinski definition) is 0. The first kappa shape index (κ1) is 16.3. The zero-order valence-corrected chi connectivity index (χ0v) is 13.3. The van der Waals surface area contributed by atoms with Gasteiger partial charge in [0.05, 0.1) is 25.0 Å². The van der Waals surface area contributed by atoms with E-state index in [9.17, 15) is 8.78 Å². The molecule has 0 radical (unpaired) electrons. The van der Waals surface area contributed by atoms with Crippen LogP contribution in [0.3, 0.4) is 0 Å². The third-order valence-electron chi connectivity index (χ3n) is 3.68. The number of hydrogen-bond acceptors (Lipinski definition) is 4. The van der Waals surface area contributed by atoms with Crippen LogP contribution in [0.5, 0.6) is 0 Å². The summed E-state index contributed by atoms with van der Waals surface area (Å²) in [6.45, 7) is -1.11. The van der Waals surface area contributed by atoms with Crippen molar-refractivity contribution in [2.75, 3.05) is 7.05 Å². The summed E-state index contributed by atoms with van der Waals surface area (Å²) in [6, 6.07) is 9.96. The molecule has 0 aliphatic carbocycles. The summed E-state index contributed by atoms with van der Waals surface area (Å²) in [4.78, 5) is 5.90. The number of halogens is 2. The number of alkyl halides is 2. The van der Waals surface area contributed by atoms with Gasteiger partial charge in [-0.05, 0) is 12.6 Å². The first-order valence-electron chi connectivity index (χ1n) is 7.53. The molecule has 8 heteroatoms. The van der Waals surface area contributed by atoms with Crippen molar-refractivity contribution in [2.45, 2.75) is 26.2 Å². The summed E-state index contributed by atoms with van der Waals surface area (Å²) in [5.74, 6) is 0.328. The van der Waals surface area contributed by atoms with E-state index >= 15 is 0 Å². The molecule has 0 N–H and O–H groups in total. The second-order valence-electron chi connectivity index (χ2n) is 5.57. The Bertz CT molecular complexity index is 768. The first-order valence-corrected chi connectivity index (χ1v) is 7.53. The van der Waals surface area contributed by atoms with E-state index in [0.29, 0.717) is 25.5 Å². The predicted molar refractivity (Wildman–Crippen MR) is 84.2 cm³/mol. The van der Waals surface area contributed by atoms with Crippen LogP contribution in [0, 0.1) is 0 Å². The van der Waals surface area contributed by atoms with Crippen molar-refractivity contribution < 1.29 is 8.78 Å². The van der Waals surface area contributed by atoms with Gasteiger partial charge in [0.2, 0.25) is 0 Å². The predicted octanol–water partition coefficient (Wildman–Crippen LogP) is 2.55. The van der Waals surface area contributed by atoms with Crippen LogP contribution in [0.15, 0.2) is 48.9 Å². The summed E-state index contributed by atoms with van der Waals surface area (Å²) >= 11 is 0. The van der Waals surface area contributed by atoms with E-state index in [1.807, 2.05) is 47.0 Å². The number of imidazole rings is 1. The Hall–Kier alpha value is -2.61. The van der Waals surface area contributed by atoms with E-state index in [0.717, 1.165) is 15.8 Å². The number of aromatic nitrogens is 5. The Morgan fingerprint density at radius 1 is 1.17 bits per heavy atom. The molecule has 0 fully saturated rings. The Morgan fingerprint density at radius 2 is 1.96 bits per heavy atom. The highest BCUT2D eigenvalue weighted by atomic mass is 19.3. The van der Waals surface area contributed by atoms with Gasteiger partial charge in [-0.1, -0.05) is 35.5 Å². The van der Waals surface area contributed by atoms with E-state index in [-0.39, 0.29) is 0 Å². The summed E-state index contributed by atoms with van der Waals surface area (Å²) in [6.07, 6.45) is 4.37. The smallest absolute Gasteiger partial charge is 0.293 e. The lowest BCUT2D eigenvalue weighted by Gasteiger charge is -2.17. The lowest BCUT2D eigenvalue weighted by Crippen LogP contribution is -2.22. The molecule has 0 saturated heterocycles. The maximum Gasteiger partial charge on any atom is 0.319 e. The highest BCUT2D eigenvalue weighted by Crippen LogP contribution is 2.14. The largest absolute Gasteiger partial charge is 0.319 e. The minimum atomic E-state index is -2.58. The molecule has 0 aliphatic heterocycles. The topological polar surface area (TPSA) is 51.8 Å². The van der Waals surface area contributed by atoms with E-state index in [2.05, 4.69) is 15.3 Å². The van der Waals surface area contributed by atoms with Crippen molar-refractivity contribution in [1.82, 2.24) is 29.4 Å². The lowest BCUT2D eigenvalue weighted by atomic mass is 10.2. The van der Waals surface area contributed by atoms with E-state index in [4.69, 9.17) is 0 Å². The van der Waals surface area contributed by atoms with Gasteiger partial charge in [0.15, 0.2) is 0 Å². The highest BCUT2D eigenvalue weighted by Gasteiger charge is 2.14. The van der Waals surface area contributed by atoms with E-state index < -0.39 is 6.55 Å². The minimum Gasteiger partial charge on any atom is -0.293 e. The van der Waals surface area contributed by atoms with Crippen LogP contribution in [-0.4, -0.2) is 36.5 Å². The van der Waals surface area contributed by atoms with Gasteiger partial charge in [-0.25, -0.2) is 9.67 Å². The van der Waals surface area contributed by atoms with Crippen molar-refractivity contribution in [3.05, 3.63) is 66.0 Å². The van der Waals surface area contributed by atoms with Gasteiger partial charge < -0.3 is 0 Å². The lowest BCUT2D eigenvalue weighted by molar-refractivity contribution is 0.0644. The third-order valence-corrected chi connectivity index (χ3v) is 3.68. The molecule has 0 spiro atoms. The molecule has 1 aromatic carbocycles. The van der Waals surface area contributed by atoms with Gasteiger partial charge in [-0.3, -0.25) is 9.47 Å². The van der Waals surface area contributed by atoms with Crippen LogP contribution in [0.4, 0.5) is 8.78 Å². The molecule has 0 unspecified atom stereocenters. The third kappa shape index (κ3) is 3.83. The molecule has 0 aliphatic rings. The average Bonchev–Trinajstić information content (AvgIpc) is 3.18. The summed E-state index contributed by atoms with van der Waals surface area (Å²) in [5.41, 5.74) is 2.04. The summed E-state index contributed by atoms with van der Waals surface area (Å²) in [7, 11) is 1.85. The molecule has 2 heterocycles. The van der Waals surface area contributed by atoms with Crippen LogP contribution >= 0.6 is 0 Å². The number of benzene rings is 1. The van der Waals surface area contributed by atoms with Crippen LogP contribution in [-0.2, 0) is 19.6 Å². The zero-order valence-electron chi connectivity index (χ0n) is 13.3. The van der Waals surface area contributed by atoms with Crippen molar-refractivity contribution in [2.24, 2.45) is 0 Å². The molecule has 6 nitrogen and oxygen atoms in total.